The highest BCUT2D eigenvalue weighted by Gasteiger charge is 2.50. The lowest BCUT2D eigenvalue weighted by molar-refractivity contribution is -0.873. The summed E-state index contributed by atoms with van der Waals surface area (Å²) in [6.45, 7) is 7.63. The standard InChI is InChI=1S/C36H45N4O9/c1-8-36(48-30(42)14-11-15-46-31(43)16-22(41)20-40(5,6)7)27-17-29-32-25(19-39(29)33(44)26(27)21-47-34(36)45)24(18-37-49-35(2,3)4)23-12-9-10-13-28(23)38-32/h9-10,12-13,17-18,22,41H,8,11,14-16,19-21H2,1-7H3/q+1/b37-18+/t22-,36-/m0/s1. The minimum Gasteiger partial charge on any atom is -0.466 e. The number of aromatic nitrogens is 2. The molecule has 0 saturated heterocycles. The highest BCUT2D eigenvalue weighted by molar-refractivity contribution is 6.02. The lowest BCUT2D eigenvalue weighted by Gasteiger charge is -2.35. The maximum Gasteiger partial charge on any atom is 0.355 e. The van der Waals surface area contributed by atoms with Gasteiger partial charge >= 0.3 is 17.9 Å². The van der Waals surface area contributed by atoms with Crippen LogP contribution >= 0.6 is 0 Å². The number of para-hydroxylation sites is 1. The maximum absolute atomic E-state index is 14.0. The van der Waals surface area contributed by atoms with Crippen LogP contribution in [-0.4, -0.2) is 89.3 Å². The molecule has 49 heavy (non-hydrogen) atoms. The first-order valence-corrected chi connectivity index (χ1v) is 16.5. The molecule has 1 N–H and O–H groups in total. The molecule has 1 aromatic carbocycles. The Morgan fingerprint density at radius 2 is 1.90 bits per heavy atom. The molecule has 0 fully saturated rings. The van der Waals surface area contributed by atoms with E-state index >= 15 is 0 Å². The third-order valence-electron chi connectivity index (χ3n) is 8.35. The van der Waals surface area contributed by atoms with Crippen LogP contribution in [0.1, 0.15) is 75.6 Å². The quantitative estimate of drug-likeness (QED) is 0.0588. The van der Waals surface area contributed by atoms with Crippen LogP contribution in [0.5, 0.6) is 0 Å². The Morgan fingerprint density at radius 1 is 1.16 bits per heavy atom. The molecule has 0 unspecified atom stereocenters. The molecule has 13 heteroatoms. The zero-order valence-corrected chi connectivity index (χ0v) is 29.2. The summed E-state index contributed by atoms with van der Waals surface area (Å²) < 4.78 is 18.6. The molecular formula is C36H45N4O9+. The molecular weight excluding hydrogens is 632 g/mol. The van der Waals surface area contributed by atoms with E-state index in [9.17, 15) is 24.3 Å². The summed E-state index contributed by atoms with van der Waals surface area (Å²) in [4.78, 5) is 63.3. The van der Waals surface area contributed by atoms with E-state index in [4.69, 9.17) is 24.0 Å². The van der Waals surface area contributed by atoms with E-state index in [0.29, 0.717) is 27.9 Å². The zero-order chi connectivity index (χ0) is 35.7. The number of aliphatic hydroxyl groups is 1. The molecule has 0 amide bonds. The molecule has 0 spiro atoms. The first-order chi connectivity index (χ1) is 23.0. The van der Waals surface area contributed by atoms with E-state index in [1.807, 2.05) is 66.2 Å². The highest BCUT2D eigenvalue weighted by Crippen LogP contribution is 2.42. The number of nitrogens with zero attached hydrogens (tertiary/aromatic N) is 4. The van der Waals surface area contributed by atoms with Gasteiger partial charge in [-0.1, -0.05) is 30.3 Å². The van der Waals surface area contributed by atoms with Crippen molar-refractivity contribution in [3.05, 3.63) is 62.9 Å². The largest absolute Gasteiger partial charge is 0.466 e. The van der Waals surface area contributed by atoms with Crippen molar-refractivity contribution in [2.75, 3.05) is 34.3 Å². The Balaban J connectivity index is 1.41. The average molecular weight is 678 g/mol. The van der Waals surface area contributed by atoms with Crippen molar-refractivity contribution in [3.8, 4) is 11.4 Å². The smallest absolute Gasteiger partial charge is 0.355 e. The predicted octanol–water partition coefficient (Wildman–Crippen LogP) is 3.56. The molecule has 3 aromatic rings. The van der Waals surface area contributed by atoms with Crippen LogP contribution < -0.4 is 5.56 Å². The van der Waals surface area contributed by atoms with Crippen molar-refractivity contribution in [3.63, 3.8) is 0 Å². The number of carbonyl (C=O) groups is 3. The van der Waals surface area contributed by atoms with Crippen molar-refractivity contribution in [1.82, 2.24) is 9.55 Å². The van der Waals surface area contributed by atoms with Gasteiger partial charge < -0.3 is 33.2 Å². The van der Waals surface area contributed by atoms with Gasteiger partial charge in [0.2, 0.25) is 5.60 Å². The zero-order valence-electron chi connectivity index (χ0n) is 29.2. The lowest BCUT2D eigenvalue weighted by Crippen LogP contribution is -2.47. The fraction of sp³-hybridized carbons (Fsp3) is 0.500. The van der Waals surface area contributed by atoms with Crippen molar-refractivity contribution in [1.29, 1.82) is 0 Å². The van der Waals surface area contributed by atoms with Gasteiger partial charge in [-0.25, -0.2) is 9.78 Å². The number of quaternary nitrogens is 1. The summed E-state index contributed by atoms with van der Waals surface area (Å²) in [5.74, 6) is -2.05. The Kier molecular flexibility index (Phi) is 9.98. The highest BCUT2D eigenvalue weighted by atomic mass is 16.6. The van der Waals surface area contributed by atoms with Crippen LogP contribution in [-0.2, 0) is 52.2 Å². The minimum absolute atomic E-state index is 0.0205. The van der Waals surface area contributed by atoms with Crippen LogP contribution in [0.25, 0.3) is 22.3 Å². The monoisotopic (exact) mass is 677 g/mol. The molecule has 0 aliphatic carbocycles. The summed E-state index contributed by atoms with van der Waals surface area (Å²) in [5.41, 5.74) is 1.02. The number of rotatable bonds is 12. The maximum atomic E-state index is 14.0. The summed E-state index contributed by atoms with van der Waals surface area (Å²) >= 11 is 0. The number of pyridine rings is 2. The van der Waals surface area contributed by atoms with Crippen molar-refractivity contribution in [2.24, 2.45) is 5.16 Å². The number of hydrogen-bond donors (Lipinski definition) is 1. The minimum atomic E-state index is -1.85. The Hall–Kier alpha value is -4.62. The van der Waals surface area contributed by atoms with Gasteiger partial charge in [0.1, 0.15) is 24.9 Å². The average Bonchev–Trinajstić information content (AvgIpc) is 3.37. The molecule has 2 aromatic heterocycles. The van der Waals surface area contributed by atoms with Crippen molar-refractivity contribution in [2.45, 2.75) is 83.8 Å². The van der Waals surface area contributed by atoms with E-state index in [-0.39, 0.29) is 62.1 Å². The van der Waals surface area contributed by atoms with Gasteiger partial charge in [0.15, 0.2) is 0 Å². The molecule has 2 aliphatic heterocycles. The molecule has 262 valence electrons. The van der Waals surface area contributed by atoms with Gasteiger partial charge in [0, 0.05) is 28.5 Å². The summed E-state index contributed by atoms with van der Waals surface area (Å²) in [6.07, 6.45) is 0.630. The van der Waals surface area contributed by atoms with E-state index < -0.39 is 35.2 Å². The van der Waals surface area contributed by atoms with Gasteiger partial charge in [0.25, 0.3) is 5.56 Å². The Labute approximate surface area is 285 Å². The van der Waals surface area contributed by atoms with Crippen LogP contribution in [0.4, 0.5) is 0 Å². The lowest BCUT2D eigenvalue weighted by atomic mass is 9.85. The number of esters is 3. The third-order valence-corrected chi connectivity index (χ3v) is 8.35. The number of carbonyl (C=O) groups excluding carboxylic acids is 3. The molecule has 5 rings (SSSR count). The van der Waals surface area contributed by atoms with E-state index in [1.165, 1.54) is 0 Å². The normalized spacial score (nSPS) is 17.7. The third kappa shape index (κ3) is 7.67. The fourth-order valence-corrected chi connectivity index (χ4v) is 6.20. The Morgan fingerprint density at radius 3 is 2.59 bits per heavy atom. The predicted molar refractivity (Wildman–Crippen MR) is 181 cm³/mol. The molecule has 0 bridgehead atoms. The molecule has 13 nitrogen and oxygen atoms in total. The molecule has 0 saturated carbocycles. The number of cyclic esters (lactones) is 1. The summed E-state index contributed by atoms with van der Waals surface area (Å²) in [5, 5.41) is 15.2. The van der Waals surface area contributed by atoms with Crippen LogP contribution in [0.15, 0.2) is 40.3 Å². The summed E-state index contributed by atoms with van der Waals surface area (Å²) in [6, 6.07) is 9.29. The van der Waals surface area contributed by atoms with Crippen LogP contribution in [0.2, 0.25) is 0 Å². The molecule has 4 heterocycles. The SMILES string of the molecule is CC[C@@]1(OC(=O)CCCOC(=O)C[C@H](O)C[N+](C)(C)C)C(=O)OCc2c1cc1n(c2=O)Cc2c-1nc1ccccc1c2/C=N/OC(C)(C)C. The topological polar surface area (TPSA) is 156 Å². The number of benzene rings is 1. The molecule has 2 aliphatic rings. The van der Waals surface area contributed by atoms with E-state index in [0.717, 1.165) is 16.5 Å². The number of aliphatic hydroxyl groups excluding tert-OH is 1. The van der Waals surface area contributed by atoms with Gasteiger partial charge in [0.05, 0.1) is 69.4 Å². The molecule has 2 atom stereocenters. The summed E-state index contributed by atoms with van der Waals surface area (Å²) in [7, 11) is 5.72. The number of likely N-dealkylation sites (N-methyl/N-ethyl adjacent to an activating group) is 1. The van der Waals surface area contributed by atoms with E-state index in [1.54, 1.807) is 23.8 Å². The second-order valence-electron chi connectivity index (χ2n) is 14.5. The van der Waals surface area contributed by atoms with Gasteiger partial charge in [-0.15, -0.1) is 0 Å². The second kappa shape index (κ2) is 13.7. The van der Waals surface area contributed by atoms with Gasteiger partial charge in [-0.2, -0.15) is 0 Å². The fourth-order valence-electron chi connectivity index (χ4n) is 6.20. The van der Waals surface area contributed by atoms with Crippen molar-refractivity contribution >= 4 is 35.0 Å². The Bertz CT molecular complexity index is 1870. The first kappa shape index (κ1) is 35.7. The number of hydrogen-bond acceptors (Lipinski definition) is 11. The number of oxime groups is 1. The van der Waals surface area contributed by atoms with Gasteiger partial charge in [-0.05, 0) is 45.7 Å². The van der Waals surface area contributed by atoms with Gasteiger partial charge in [-0.3, -0.25) is 14.4 Å². The van der Waals surface area contributed by atoms with E-state index in [2.05, 4.69) is 5.16 Å². The van der Waals surface area contributed by atoms with Crippen LogP contribution in [0.3, 0.4) is 0 Å². The second-order valence-corrected chi connectivity index (χ2v) is 14.5. The molecule has 0 radical (unpaired) electrons. The number of fused-ring (bicyclic) bond motifs is 5. The number of ether oxygens (including phenoxy) is 3. The van der Waals surface area contributed by atoms with Crippen molar-refractivity contribution < 1.29 is 43.0 Å². The van der Waals surface area contributed by atoms with Crippen LogP contribution in [0, 0.1) is 0 Å². The first-order valence-electron chi connectivity index (χ1n) is 16.5.